The van der Waals surface area contributed by atoms with E-state index in [1.54, 1.807) is 5.01 Å². The third-order valence-electron chi connectivity index (χ3n) is 3.47. The molecule has 102 valence electrons. The Bertz CT molecular complexity index is 376. The number of allylic oxidation sites excluding steroid dienone is 3. The van der Waals surface area contributed by atoms with Crippen molar-refractivity contribution in [2.75, 3.05) is 26.4 Å². The molecule has 0 aromatic rings. The summed E-state index contributed by atoms with van der Waals surface area (Å²) in [5.41, 5.74) is 1.26. The van der Waals surface area contributed by atoms with Gasteiger partial charge in [-0.3, -0.25) is 5.01 Å². The number of ether oxygens (including phenoxy) is 2. The van der Waals surface area contributed by atoms with Gasteiger partial charge in [0, 0.05) is 5.57 Å². The van der Waals surface area contributed by atoms with Crippen molar-refractivity contribution in [3.8, 4) is 0 Å². The van der Waals surface area contributed by atoms with Gasteiger partial charge in [-0.15, -0.1) is 0 Å². The molecule has 2 N–H and O–H groups in total. The maximum atomic E-state index is 6.15. The van der Waals surface area contributed by atoms with E-state index in [1.807, 2.05) is 13.0 Å². The molecule has 2 saturated heterocycles. The smallest absolute Gasteiger partial charge is 0.207 e. The third kappa shape index (κ3) is 2.40. The molecule has 0 bridgehead atoms. The zero-order chi connectivity index (χ0) is 13.4. The van der Waals surface area contributed by atoms with Crippen molar-refractivity contribution in [3.05, 3.63) is 23.6 Å². The van der Waals surface area contributed by atoms with Crippen LogP contribution in [0.15, 0.2) is 23.6 Å². The lowest BCUT2D eigenvalue weighted by molar-refractivity contribution is -0.181. The first-order valence-electron chi connectivity index (χ1n) is 6.48. The fourth-order valence-corrected chi connectivity index (χ4v) is 2.39. The molecule has 0 atom stereocenters. The molecule has 18 heavy (non-hydrogen) atoms. The van der Waals surface area contributed by atoms with Crippen LogP contribution in [0.1, 0.15) is 27.7 Å². The molecule has 0 aliphatic carbocycles. The second kappa shape index (κ2) is 4.59. The van der Waals surface area contributed by atoms with Gasteiger partial charge in [0.15, 0.2) is 0 Å². The van der Waals surface area contributed by atoms with Crippen LogP contribution in [0, 0.1) is 10.8 Å². The molecule has 2 rings (SSSR count). The van der Waals surface area contributed by atoms with Gasteiger partial charge in [-0.1, -0.05) is 32.9 Å². The molecule has 0 amide bonds. The van der Waals surface area contributed by atoms with Gasteiger partial charge in [0.2, 0.25) is 5.88 Å². The summed E-state index contributed by atoms with van der Waals surface area (Å²) in [4.78, 5) is 0. The van der Waals surface area contributed by atoms with E-state index in [0.717, 1.165) is 31.2 Å². The van der Waals surface area contributed by atoms with Crippen LogP contribution < -0.4 is 5.84 Å². The number of hydrogen-bond acceptors (Lipinski definition) is 4. The van der Waals surface area contributed by atoms with Crippen LogP contribution >= 0.6 is 0 Å². The summed E-state index contributed by atoms with van der Waals surface area (Å²) in [6.07, 6.45) is 4.12. The first kappa shape index (κ1) is 13.4. The number of nitrogens with two attached hydrogens (primary N) is 1. The number of hydrogen-bond donors (Lipinski definition) is 1. The van der Waals surface area contributed by atoms with Gasteiger partial charge in [0.25, 0.3) is 0 Å². The Morgan fingerprint density at radius 2 is 2.00 bits per heavy atom. The molecule has 4 nitrogen and oxygen atoms in total. The van der Waals surface area contributed by atoms with Gasteiger partial charge < -0.3 is 9.47 Å². The zero-order valence-corrected chi connectivity index (χ0v) is 11.8. The Morgan fingerprint density at radius 1 is 1.33 bits per heavy atom. The maximum Gasteiger partial charge on any atom is 0.207 e. The van der Waals surface area contributed by atoms with Gasteiger partial charge in [0.05, 0.1) is 25.2 Å². The number of nitrogens with zero attached hydrogens (tertiary/aromatic N) is 1. The number of hydrazine groups is 1. The molecule has 0 unspecified atom stereocenters. The average Bonchev–Trinajstić information content (AvgIpc) is 2.23. The highest BCUT2D eigenvalue weighted by Gasteiger charge is 2.45. The minimum Gasteiger partial charge on any atom is -0.477 e. The zero-order valence-electron chi connectivity index (χ0n) is 11.8. The quantitative estimate of drug-likeness (QED) is 0.726. The van der Waals surface area contributed by atoms with Gasteiger partial charge in [-0.25, -0.2) is 5.84 Å². The van der Waals surface area contributed by atoms with Crippen molar-refractivity contribution in [1.82, 2.24) is 5.01 Å². The van der Waals surface area contributed by atoms with Gasteiger partial charge in [-0.2, -0.15) is 0 Å². The first-order valence-corrected chi connectivity index (χ1v) is 6.48. The van der Waals surface area contributed by atoms with Crippen LogP contribution in [-0.2, 0) is 9.47 Å². The van der Waals surface area contributed by atoms with E-state index >= 15 is 0 Å². The largest absolute Gasteiger partial charge is 0.477 e. The minimum absolute atomic E-state index is 0.0140. The van der Waals surface area contributed by atoms with E-state index in [1.165, 1.54) is 0 Å². The van der Waals surface area contributed by atoms with E-state index in [2.05, 4.69) is 26.8 Å². The maximum absolute atomic E-state index is 6.15. The molecule has 0 saturated carbocycles. The molecule has 0 aromatic heterocycles. The van der Waals surface area contributed by atoms with Crippen LogP contribution in [0.25, 0.3) is 0 Å². The van der Waals surface area contributed by atoms with Gasteiger partial charge in [-0.05, 0) is 12.3 Å². The van der Waals surface area contributed by atoms with Crippen molar-refractivity contribution >= 4 is 0 Å². The predicted octanol–water partition coefficient (Wildman–Crippen LogP) is 2.04. The molecule has 2 aliphatic rings. The molecule has 2 fully saturated rings. The fraction of sp³-hybridized carbons (Fsp3) is 0.714. The minimum atomic E-state index is 0.0140. The lowest BCUT2D eigenvalue weighted by Crippen LogP contribution is -2.59. The Balaban J connectivity index is 2.25. The molecule has 0 aromatic carbocycles. The normalized spacial score (nSPS) is 26.2. The topological polar surface area (TPSA) is 47.7 Å². The fourth-order valence-electron chi connectivity index (χ4n) is 2.39. The van der Waals surface area contributed by atoms with Crippen molar-refractivity contribution in [2.45, 2.75) is 27.7 Å². The summed E-state index contributed by atoms with van der Waals surface area (Å²) in [7, 11) is 0. The van der Waals surface area contributed by atoms with E-state index < -0.39 is 0 Å². The molecule has 2 aliphatic heterocycles. The predicted molar refractivity (Wildman–Crippen MR) is 71.4 cm³/mol. The second-order valence-corrected chi connectivity index (χ2v) is 6.38. The van der Waals surface area contributed by atoms with E-state index in [-0.39, 0.29) is 10.8 Å². The summed E-state index contributed by atoms with van der Waals surface area (Å²) >= 11 is 0. The van der Waals surface area contributed by atoms with E-state index in [4.69, 9.17) is 15.3 Å². The van der Waals surface area contributed by atoms with Crippen molar-refractivity contribution in [3.63, 3.8) is 0 Å². The lowest BCUT2D eigenvalue weighted by Gasteiger charge is -2.48. The van der Waals surface area contributed by atoms with Crippen molar-refractivity contribution in [1.29, 1.82) is 0 Å². The SMILES string of the molecule is C/C=C\C(=C1\OCC2(COC2)CN1N)C(C)(C)C. The summed E-state index contributed by atoms with van der Waals surface area (Å²) < 4.78 is 11.2. The summed E-state index contributed by atoms with van der Waals surface area (Å²) in [5, 5.41) is 1.74. The molecular formula is C14H24N2O2. The Hall–Kier alpha value is -1.00. The molecule has 2 heterocycles. The molecule has 1 spiro atoms. The van der Waals surface area contributed by atoms with Gasteiger partial charge in [0.1, 0.15) is 6.61 Å². The molecular weight excluding hydrogens is 228 g/mol. The van der Waals surface area contributed by atoms with Crippen LogP contribution in [-0.4, -0.2) is 31.4 Å². The first-order chi connectivity index (χ1) is 8.38. The average molecular weight is 252 g/mol. The monoisotopic (exact) mass is 252 g/mol. The second-order valence-electron chi connectivity index (χ2n) is 6.38. The van der Waals surface area contributed by atoms with Gasteiger partial charge >= 0.3 is 0 Å². The van der Waals surface area contributed by atoms with Crippen LogP contribution in [0.5, 0.6) is 0 Å². The summed E-state index contributed by atoms with van der Waals surface area (Å²) in [6.45, 7) is 11.5. The van der Waals surface area contributed by atoms with Crippen molar-refractivity contribution < 1.29 is 9.47 Å². The molecule has 4 heteroatoms. The summed E-state index contributed by atoms with van der Waals surface area (Å²) in [5.74, 6) is 6.96. The van der Waals surface area contributed by atoms with Crippen LogP contribution in [0.3, 0.4) is 0 Å². The van der Waals surface area contributed by atoms with Crippen LogP contribution in [0.2, 0.25) is 0 Å². The van der Waals surface area contributed by atoms with E-state index in [9.17, 15) is 0 Å². The Morgan fingerprint density at radius 3 is 2.39 bits per heavy atom. The summed E-state index contributed by atoms with van der Waals surface area (Å²) in [6, 6.07) is 0. The Kier molecular flexibility index (Phi) is 3.43. The van der Waals surface area contributed by atoms with Crippen molar-refractivity contribution in [2.24, 2.45) is 16.7 Å². The van der Waals surface area contributed by atoms with E-state index in [0.29, 0.717) is 6.61 Å². The van der Waals surface area contributed by atoms with Crippen LogP contribution in [0.4, 0.5) is 0 Å². The molecule has 0 radical (unpaired) electrons. The highest BCUT2D eigenvalue weighted by molar-refractivity contribution is 5.28. The highest BCUT2D eigenvalue weighted by atomic mass is 16.5. The standard InChI is InChI=1S/C14H24N2O2/c1-5-6-11(13(2,3)4)12-16(15)7-14(10-18-12)8-17-9-14/h5-6H,7-10,15H2,1-4H3/b6-5-,12-11-. The third-order valence-corrected chi connectivity index (χ3v) is 3.47. The Labute approximate surface area is 109 Å². The number of rotatable bonds is 1. The highest BCUT2D eigenvalue weighted by Crippen LogP contribution is 2.38. The lowest BCUT2D eigenvalue weighted by atomic mass is 9.83.